The summed E-state index contributed by atoms with van der Waals surface area (Å²) in [6.07, 6.45) is 2.56. The summed E-state index contributed by atoms with van der Waals surface area (Å²) >= 11 is 0. The first-order valence-electron chi connectivity index (χ1n) is 7.82. The van der Waals surface area contributed by atoms with Crippen LogP contribution in [0, 0.1) is 0 Å². The second-order valence-electron chi connectivity index (χ2n) is 6.11. The molecule has 0 radical (unpaired) electrons. The van der Waals surface area contributed by atoms with E-state index in [-0.39, 0.29) is 11.9 Å². The van der Waals surface area contributed by atoms with Gasteiger partial charge in [0.2, 0.25) is 5.91 Å². The minimum absolute atomic E-state index is 0.0808. The van der Waals surface area contributed by atoms with Gasteiger partial charge in [-0.3, -0.25) is 14.6 Å². The minimum atomic E-state index is -0.225. The lowest BCUT2D eigenvalue weighted by molar-refractivity contribution is -0.126. The molecule has 1 aliphatic rings. The maximum atomic E-state index is 12.5. The number of carbonyl (C=O) groups is 1. The number of hydrogen-bond acceptors (Lipinski definition) is 3. The van der Waals surface area contributed by atoms with Crippen molar-refractivity contribution in [3.05, 3.63) is 35.9 Å². The quantitative estimate of drug-likeness (QED) is 0.868. The van der Waals surface area contributed by atoms with Gasteiger partial charge in [-0.2, -0.15) is 0 Å². The molecule has 1 amide bonds. The highest BCUT2D eigenvalue weighted by Crippen LogP contribution is 2.18. The van der Waals surface area contributed by atoms with E-state index < -0.39 is 0 Å². The molecule has 0 spiro atoms. The zero-order valence-corrected chi connectivity index (χ0v) is 13.4. The zero-order valence-electron chi connectivity index (χ0n) is 13.4. The van der Waals surface area contributed by atoms with Gasteiger partial charge < -0.3 is 5.32 Å². The average molecular weight is 289 g/mol. The Morgan fingerprint density at radius 2 is 1.86 bits per heavy atom. The van der Waals surface area contributed by atoms with Gasteiger partial charge in [-0.15, -0.1) is 0 Å². The molecule has 116 valence electrons. The summed E-state index contributed by atoms with van der Waals surface area (Å²) in [5.41, 5.74) is 1.04. The molecular formula is C17H27N3O. The van der Waals surface area contributed by atoms with Crippen LogP contribution in [-0.4, -0.2) is 55.5 Å². The van der Waals surface area contributed by atoms with Crippen LogP contribution < -0.4 is 5.32 Å². The predicted octanol–water partition coefficient (Wildman–Crippen LogP) is 1.89. The Labute approximate surface area is 128 Å². The third-order valence-corrected chi connectivity index (χ3v) is 4.22. The molecule has 1 saturated heterocycles. The molecule has 4 nitrogen and oxygen atoms in total. The summed E-state index contributed by atoms with van der Waals surface area (Å²) in [7, 11) is 3.89. The Balaban J connectivity index is 1.93. The molecule has 1 fully saturated rings. The smallest absolute Gasteiger partial charge is 0.241 e. The van der Waals surface area contributed by atoms with E-state index in [4.69, 9.17) is 0 Å². The Morgan fingerprint density at radius 3 is 2.43 bits per heavy atom. The lowest BCUT2D eigenvalue weighted by Gasteiger charge is -2.27. The summed E-state index contributed by atoms with van der Waals surface area (Å²) in [6, 6.07) is 10.1. The predicted molar refractivity (Wildman–Crippen MR) is 86.1 cm³/mol. The highest BCUT2D eigenvalue weighted by atomic mass is 16.2. The van der Waals surface area contributed by atoms with Crippen LogP contribution in [0.15, 0.2) is 30.3 Å². The maximum absolute atomic E-state index is 12.5. The molecule has 2 atom stereocenters. The topological polar surface area (TPSA) is 35.6 Å². The van der Waals surface area contributed by atoms with Crippen molar-refractivity contribution in [1.29, 1.82) is 0 Å². The lowest BCUT2D eigenvalue weighted by Crippen LogP contribution is -2.44. The van der Waals surface area contributed by atoms with Gasteiger partial charge in [-0.1, -0.05) is 30.3 Å². The maximum Gasteiger partial charge on any atom is 0.241 e. The van der Waals surface area contributed by atoms with Gasteiger partial charge in [0.05, 0.1) is 0 Å². The molecule has 2 rings (SSSR count). The van der Waals surface area contributed by atoms with Crippen molar-refractivity contribution >= 4 is 5.91 Å². The van der Waals surface area contributed by atoms with E-state index in [1.54, 1.807) is 0 Å². The van der Waals surface area contributed by atoms with Crippen LogP contribution in [0.5, 0.6) is 0 Å². The SMILES string of the molecule is C[C@H](CNC(=O)[C@@H](c1ccccc1)N(C)C)N1CCCC1. The number of hydrogen-bond donors (Lipinski definition) is 1. The average Bonchev–Trinajstić information content (AvgIpc) is 3.00. The number of carbonyl (C=O) groups excluding carboxylic acids is 1. The molecule has 1 aromatic rings. The van der Waals surface area contributed by atoms with Gasteiger partial charge in [0.25, 0.3) is 0 Å². The Hall–Kier alpha value is -1.39. The fraction of sp³-hybridized carbons (Fsp3) is 0.588. The van der Waals surface area contributed by atoms with Crippen LogP contribution in [0.2, 0.25) is 0 Å². The second kappa shape index (κ2) is 7.57. The normalized spacial score (nSPS) is 18.7. The highest BCUT2D eigenvalue weighted by Gasteiger charge is 2.24. The van der Waals surface area contributed by atoms with Crippen LogP contribution in [0.1, 0.15) is 31.4 Å². The van der Waals surface area contributed by atoms with Gasteiger partial charge in [0.1, 0.15) is 6.04 Å². The van der Waals surface area contributed by atoms with Crippen LogP contribution in [0.4, 0.5) is 0 Å². The summed E-state index contributed by atoms with van der Waals surface area (Å²) in [5.74, 6) is 0.0808. The van der Waals surface area contributed by atoms with Crippen molar-refractivity contribution in [2.24, 2.45) is 0 Å². The third-order valence-electron chi connectivity index (χ3n) is 4.22. The zero-order chi connectivity index (χ0) is 15.2. The van der Waals surface area contributed by atoms with Crippen molar-refractivity contribution in [1.82, 2.24) is 15.1 Å². The number of benzene rings is 1. The Bertz CT molecular complexity index is 441. The van der Waals surface area contributed by atoms with Crippen molar-refractivity contribution in [3.8, 4) is 0 Å². The molecule has 1 aromatic carbocycles. The van der Waals surface area contributed by atoms with E-state index in [9.17, 15) is 4.79 Å². The molecule has 0 bridgehead atoms. The van der Waals surface area contributed by atoms with Crippen molar-refractivity contribution in [3.63, 3.8) is 0 Å². The number of nitrogens with zero attached hydrogens (tertiary/aromatic N) is 2. The van der Waals surface area contributed by atoms with Crippen LogP contribution in [0.3, 0.4) is 0 Å². The largest absolute Gasteiger partial charge is 0.353 e. The first kappa shape index (κ1) is 16.0. The number of likely N-dealkylation sites (N-methyl/N-ethyl adjacent to an activating group) is 1. The molecule has 21 heavy (non-hydrogen) atoms. The Morgan fingerprint density at radius 1 is 1.24 bits per heavy atom. The van der Waals surface area contributed by atoms with E-state index >= 15 is 0 Å². The first-order chi connectivity index (χ1) is 10.1. The van der Waals surface area contributed by atoms with Crippen molar-refractivity contribution < 1.29 is 4.79 Å². The molecule has 0 unspecified atom stereocenters. The fourth-order valence-electron chi connectivity index (χ4n) is 2.98. The molecule has 0 aromatic heterocycles. The second-order valence-corrected chi connectivity index (χ2v) is 6.11. The van der Waals surface area contributed by atoms with E-state index in [0.29, 0.717) is 6.04 Å². The minimum Gasteiger partial charge on any atom is -0.353 e. The molecule has 1 heterocycles. The number of likely N-dealkylation sites (tertiary alicyclic amines) is 1. The molecule has 4 heteroatoms. The van der Waals surface area contributed by atoms with Crippen LogP contribution >= 0.6 is 0 Å². The first-order valence-corrected chi connectivity index (χ1v) is 7.82. The lowest BCUT2D eigenvalue weighted by atomic mass is 10.1. The number of nitrogens with one attached hydrogen (secondary N) is 1. The van der Waals surface area contributed by atoms with Gasteiger partial charge >= 0.3 is 0 Å². The van der Waals surface area contributed by atoms with Crippen LogP contribution in [-0.2, 0) is 4.79 Å². The van der Waals surface area contributed by atoms with E-state index in [1.807, 2.05) is 49.3 Å². The van der Waals surface area contributed by atoms with Crippen molar-refractivity contribution in [2.75, 3.05) is 33.7 Å². The molecular weight excluding hydrogens is 262 g/mol. The molecule has 0 saturated carbocycles. The summed E-state index contributed by atoms with van der Waals surface area (Å²) in [5, 5.41) is 3.12. The highest BCUT2D eigenvalue weighted by molar-refractivity contribution is 5.83. The fourth-order valence-corrected chi connectivity index (χ4v) is 2.98. The Kier molecular flexibility index (Phi) is 5.76. The summed E-state index contributed by atoms with van der Waals surface area (Å²) in [4.78, 5) is 16.9. The van der Waals surface area contributed by atoms with E-state index in [1.165, 1.54) is 12.8 Å². The van der Waals surface area contributed by atoms with Gasteiger partial charge in [-0.25, -0.2) is 0 Å². The number of rotatable bonds is 6. The molecule has 1 aliphatic heterocycles. The van der Waals surface area contributed by atoms with Gasteiger partial charge in [-0.05, 0) is 52.5 Å². The molecule has 1 N–H and O–H groups in total. The number of amides is 1. The van der Waals surface area contributed by atoms with Gasteiger partial charge in [0.15, 0.2) is 0 Å². The van der Waals surface area contributed by atoms with E-state index in [0.717, 1.165) is 25.2 Å². The van der Waals surface area contributed by atoms with Gasteiger partial charge in [0, 0.05) is 12.6 Å². The summed E-state index contributed by atoms with van der Waals surface area (Å²) in [6.45, 7) is 5.23. The standard InChI is InChI=1S/C17H27N3O/c1-14(20-11-7-8-12-20)13-18-17(21)16(19(2)3)15-9-5-4-6-10-15/h4-6,9-10,14,16H,7-8,11-13H2,1-3H3,(H,18,21)/t14-,16-/m1/s1. The van der Waals surface area contributed by atoms with Crippen molar-refractivity contribution in [2.45, 2.75) is 31.8 Å². The van der Waals surface area contributed by atoms with Crippen LogP contribution in [0.25, 0.3) is 0 Å². The van der Waals surface area contributed by atoms with E-state index in [2.05, 4.69) is 17.1 Å². The third kappa shape index (κ3) is 4.29. The summed E-state index contributed by atoms with van der Waals surface area (Å²) < 4.78 is 0. The monoisotopic (exact) mass is 289 g/mol. The molecule has 0 aliphatic carbocycles.